The average Bonchev–Trinajstić information content (AvgIpc) is 2.32. The van der Waals surface area contributed by atoms with Crippen molar-refractivity contribution in [3.63, 3.8) is 0 Å². The van der Waals surface area contributed by atoms with Gasteiger partial charge in [-0.1, -0.05) is 6.92 Å². The number of rotatable bonds is 6. The van der Waals surface area contributed by atoms with Gasteiger partial charge in [0.2, 0.25) is 10.0 Å². The van der Waals surface area contributed by atoms with E-state index in [0.29, 0.717) is 17.1 Å². The Morgan fingerprint density at radius 2 is 1.84 bits per heavy atom. The Balaban J connectivity index is 3.17. The van der Waals surface area contributed by atoms with Gasteiger partial charge in [0.25, 0.3) is 0 Å². The third-order valence-electron chi connectivity index (χ3n) is 3.03. The van der Waals surface area contributed by atoms with E-state index in [2.05, 4.69) is 4.72 Å². The summed E-state index contributed by atoms with van der Waals surface area (Å²) in [6.45, 7) is 9.92. The molecule has 0 aromatic heterocycles. The van der Waals surface area contributed by atoms with Crippen LogP contribution < -0.4 is 9.46 Å². The third-order valence-corrected chi connectivity index (χ3v) is 4.76. The van der Waals surface area contributed by atoms with Gasteiger partial charge in [-0.2, -0.15) is 0 Å². The zero-order chi connectivity index (χ0) is 14.6. The first kappa shape index (κ1) is 16.0. The fourth-order valence-corrected chi connectivity index (χ4v) is 3.41. The summed E-state index contributed by atoms with van der Waals surface area (Å²) in [5.74, 6) is 0.738. The predicted octanol–water partition coefficient (Wildman–Crippen LogP) is 2.78. The van der Waals surface area contributed by atoms with Gasteiger partial charge >= 0.3 is 0 Å². The van der Waals surface area contributed by atoms with Crippen LogP contribution in [-0.2, 0) is 10.0 Å². The number of benzene rings is 1. The van der Waals surface area contributed by atoms with E-state index < -0.39 is 10.0 Å². The predicted molar refractivity (Wildman–Crippen MR) is 77.2 cm³/mol. The number of ether oxygens (including phenoxy) is 1. The van der Waals surface area contributed by atoms with Gasteiger partial charge in [-0.05, 0) is 57.4 Å². The standard InChI is InChI=1S/C14H23NO3S/c1-6-12(5)15-19(16,17)14-9-10(3)13(18-7-2)8-11(14)4/h8-9,12,15H,6-7H2,1-5H3. The van der Waals surface area contributed by atoms with Crippen LogP contribution in [0.1, 0.15) is 38.3 Å². The molecule has 4 nitrogen and oxygen atoms in total. The van der Waals surface area contributed by atoms with Gasteiger partial charge < -0.3 is 4.74 Å². The van der Waals surface area contributed by atoms with Crippen molar-refractivity contribution < 1.29 is 13.2 Å². The van der Waals surface area contributed by atoms with E-state index in [1.54, 1.807) is 19.1 Å². The normalized spacial score (nSPS) is 13.3. The fraction of sp³-hybridized carbons (Fsp3) is 0.571. The fourth-order valence-electron chi connectivity index (χ4n) is 1.78. The highest BCUT2D eigenvalue weighted by atomic mass is 32.2. The molecule has 1 rings (SSSR count). The van der Waals surface area contributed by atoms with E-state index in [9.17, 15) is 8.42 Å². The Labute approximate surface area is 116 Å². The summed E-state index contributed by atoms with van der Waals surface area (Å²) < 4.78 is 32.7. The molecule has 0 bridgehead atoms. The molecular weight excluding hydrogens is 262 g/mol. The zero-order valence-electron chi connectivity index (χ0n) is 12.3. The lowest BCUT2D eigenvalue weighted by Gasteiger charge is -2.16. The lowest BCUT2D eigenvalue weighted by Crippen LogP contribution is -2.32. The molecule has 0 saturated carbocycles. The molecule has 1 aromatic carbocycles. The van der Waals surface area contributed by atoms with E-state index in [1.165, 1.54) is 0 Å². The topological polar surface area (TPSA) is 55.4 Å². The molecule has 0 aliphatic rings. The highest BCUT2D eigenvalue weighted by Crippen LogP contribution is 2.26. The molecule has 0 heterocycles. The second-order valence-corrected chi connectivity index (χ2v) is 6.43. The van der Waals surface area contributed by atoms with Gasteiger partial charge in [0, 0.05) is 6.04 Å². The molecule has 1 N–H and O–H groups in total. The molecule has 0 spiro atoms. The van der Waals surface area contributed by atoms with Crippen molar-refractivity contribution in [1.29, 1.82) is 0 Å². The van der Waals surface area contributed by atoms with Crippen molar-refractivity contribution in [1.82, 2.24) is 4.72 Å². The molecule has 108 valence electrons. The average molecular weight is 285 g/mol. The van der Waals surface area contributed by atoms with Crippen LogP contribution in [-0.4, -0.2) is 21.1 Å². The van der Waals surface area contributed by atoms with Crippen LogP contribution in [0.2, 0.25) is 0 Å². The van der Waals surface area contributed by atoms with Crippen molar-refractivity contribution in [3.8, 4) is 5.75 Å². The van der Waals surface area contributed by atoms with E-state index in [4.69, 9.17) is 4.74 Å². The van der Waals surface area contributed by atoms with Crippen LogP contribution in [0, 0.1) is 13.8 Å². The van der Waals surface area contributed by atoms with Gasteiger partial charge in [-0.25, -0.2) is 13.1 Å². The van der Waals surface area contributed by atoms with Crippen LogP contribution in [0.25, 0.3) is 0 Å². The molecule has 0 amide bonds. The minimum atomic E-state index is -3.46. The van der Waals surface area contributed by atoms with Crippen molar-refractivity contribution >= 4 is 10.0 Å². The largest absolute Gasteiger partial charge is 0.494 e. The Morgan fingerprint density at radius 1 is 1.21 bits per heavy atom. The molecule has 1 unspecified atom stereocenters. The van der Waals surface area contributed by atoms with Gasteiger partial charge in [-0.15, -0.1) is 0 Å². The zero-order valence-corrected chi connectivity index (χ0v) is 13.1. The lowest BCUT2D eigenvalue weighted by molar-refractivity contribution is 0.337. The summed E-state index contributed by atoms with van der Waals surface area (Å²) in [6, 6.07) is 3.38. The maximum atomic E-state index is 12.3. The van der Waals surface area contributed by atoms with Crippen LogP contribution in [0.5, 0.6) is 5.75 Å². The Hall–Kier alpha value is -1.07. The monoisotopic (exact) mass is 285 g/mol. The second kappa shape index (κ2) is 6.39. The number of nitrogens with one attached hydrogen (secondary N) is 1. The van der Waals surface area contributed by atoms with Crippen LogP contribution >= 0.6 is 0 Å². The van der Waals surface area contributed by atoms with Crippen molar-refractivity contribution in [2.24, 2.45) is 0 Å². The molecular formula is C14H23NO3S. The first-order valence-electron chi connectivity index (χ1n) is 6.58. The summed E-state index contributed by atoms with van der Waals surface area (Å²) in [5, 5.41) is 0. The Kier molecular flexibility index (Phi) is 5.38. The smallest absolute Gasteiger partial charge is 0.241 e. The molecule has 1 atom stereocenters. The van der Waals surface area contributed by atoms with Gasteiger partial charge in [-0.3, -0.25) is 0 Å². The number of aryl methyl sites for hydroxylation is 2. The maximum absolute atomic E-state index is 12.3. The highest BCUT2D eigenvalue weighted by molar-refractivity contribution is 7.89. The third kappa shape index (κ3) is 3.94. The highest BCUT2D eigenvalue weighted by Gasteiger charge is 2.20. The molecule has 19 heavy (non-hydrogen) atoms. The van der Waals surface area contributed by atoms with Crippen LogP contribution in [0.4, 0.5) is 0 Å². The Morgan fingerprint density at radius 3 is 2.37 bits per heavy atom. The second-order valence-electron chi connectivity index (χ2n) is 4.75. The summed E-state index contributed by atoms with van der Waals surface area (Å²) >= 11 is 0. The molecule has 5 heteroatoms. The molecule has 0 radical (unpaired) electrons. The number of hydrogen-bond donors (Lipinski definition) is 1. The van der Waals surface area contributed by atoms with Gasteiger partial charge in [0.05, 0.1) is 11.5 Å². The maximum Gasteiger partial charge on any atom is 0.241 e. The van der Waals surface area contributed by atoms with Crippen LogP contribution in [0.15, 0.2) is 17.0 Å². The minimum absolute atomic E-state index is 0.0729. The summed E-state index contributed by atoms with van der Waals surface area (Å²) in [5.41, 5.74) is 1.53. The molecule has 0 aliphatic heterocycles. The molecule has 1 aromatic rings. The number of hydrogen-bond acceptors (Lipinski definition) is 3. The SMILES string of the molecule is CCOc1cc(C)c(S(=O)(=O)NC(C)CC)cc1C. The Bertz CT molecular complexity index is 538. The van der Waals surface area contributed by atoms with Gasteiger partial charge in [0.15, 0.2) is 0 Å². The van der Waals surface area contributed by atoms with Gasteiger partial charge in [0.1, 0.15) is 5.75 Å². The number of sulfonamides is 1. The summed E-state index contributed by atoms with van der Waals surface area (Å²) in [4.78, 5) is 0.328. The lowest BCUT2D eigenvalue weighted by atomic mass is 10.1. The first-order valence-corrected chi connectivity index (χ1v) is 8.06. The molecule has 0 aliphatic carbocycles. The minimum Gasteiger partial charge on any atom is -0.494 e. The first-order chi connectivity index (χ1) is 8.81. The van der Waals surface area contributed by atoms with Crippen molar-refractivity contribution in [2.45, 2.75) is 52.0 Å². The van der Waals surface area contributed by atoms with E-state index in [-0.39, 0.29) is 6.04 Å². The summed E-state index contributed by atoms with van der Waals surface area (Å²) in [7, 11) is -3.46. The summed E-state index contributed by atoms with van der Waals surface area (Å²) in [6.07, 6.45) is 0.758. The molecule has 0 saturated heterocycles. The van der Waals surface area contributed by atoms with Crippen molar-refractivity contribution in [2.75, 3.05) is 6.61 Å². The molecule has 0 fully saturated rings. The van der Waals surface area contributed by atoms with E-state index in [0.717, 1.165) is 17.7 Å². The van der Waals surface area contributed by atoms with Crippen molar-refractivity contribution in [3.05, 3.63) is 23.3 Å². The quantitative estimate of drug-likeness (QED) is 0.874. The van der Waals surface area contributed by atoms with Crippen LogP contribution in [0.3, 0.4) is 0 Å². The van der Waals surface area contributed by atoms with E-state index >= 15 is 0 Å². The van der Waals surface area contributed by atoms with E-state index in [1.807, 2.05) is 27.7 Å².